The first kappa shape index (κ1) is 23.8. The summed E-state index contributed by atoms with van der Waals surface area (Å²) in [6.45, 7) is 7.72. The van der Waals surface area contributed by atoms with Gasteiger partial charge in [0.25, 0.3) is 5.91 Å². The summed E-state index contributed by atoms with van der Waals surface area (Å²) in [5, 5.41) is 3.37. The number of benzene rings is 1. The number of nitrogens with one attached hydrogen (secondary N) is 1. The zero-order valence-corrected chi connectivity index (χ0v) is 19.3. The molecule has 2 aromatic rings. The van der Waals surface area contributed by atoms with Crippen LogP contribution in [0.2, 0.25) is 0 Å². The molecule has 0 aliphatic rings. The Balaban J connectivity index is 2.04. The number of carbonyl (C=O) groups is 2. The average Bonchev–Trinajstić information content (AvgIpc) is 3.02. The van der Waals surface area contributed by atoms with Crippen LogP contribution in [-0.4, -0.2) is 66.9 Å². The quantitative estimate of drug-likeness (QED) is 0.550. The number of hydrogen-bond donors (Lipinski definition) is 1. The smallest absolute Gasteiger partial charge is 0.254 e. The van der Waals surface area contributed by atoms with E-state index in [1.165, 1.54) is 11.3 Å². The van der Waals surface area contributed by atoms with Gasteiger partial charge in [-0.25, -0.2) is 4.98 Å². The minimum absolute atomic E-state index is 0.0287. The molecule has 0 aliphatic carbocycles. The van der Waals surface area contributed by atoms with Crippen LogP contribution in [0.4, 0.5) is 5.13 Å². The van der Waals surface area contributed by atoms with Crippen molar-refractivity contribution in [3.63, 3.8) is 0 Å². The molecule has 0 radical (unpaired) electrons. The Morgan fingerprint density at radius 1 is 1.13 bits per heavy atom. The summed E-state index contributed by atoms with van der Waals surface area (Å²) in [6.07, 6.45) is 2.06. The number of unbranched alkanes of at least 4 members (excludes halogenated alkanes) is 1. The average molecular weight is 433 g/mol. The molecule has 1 heterocycles. The molecular weight excluding hydrogens is 400 g/mol. The van der Waals surface area contributed by atoms with Crippen LogP contribution in [0.25, 0.3) is 0 Å². The van der Waals surface area contributed by atoms with E-state index in [2.05, 4.69) is 17.2 Å². The van der Waals surface area contributed by atoms with E-state index in [-0.39, 0.29) is 18.4 Å². The van der Waals surface area contributed by atoms with E-state index in [0.717, 1.165) is 29.2 Å². The van der Waals surface area contributed by atoms with Gasteiger partial charge in [-0.2, -0.15) is 0 Å². The Labute approximate surface area is 183 Å². The fourth-order valence-corrected chi connectivity index (χ4v) is 3.47. The van der Waals surface area contributed by atoms with Crippen molar-refractivity contribution in [3.05, 3.63) is 40.4 Å². The van der Waals surface area contributed by atoms with Gasteiger partial charge in [0.05, 0.1) is 12.3 Å². The predicted octanol–water partition coefficient (Wildman–Crippen LogP) is 3.58. The van der Waals surface area contributed by atoms with Gasteiger partial charge < -0.3 is 19.9 Å². The van der Waals surface area contributed by atoms with Crippen LogP contribution >= 0.6 is 11.3 Å². The normalized spacial score (nSPS) is 10.9. The molecule has 7 nitrogen and oxygen atoms in total. The van der Waals surface area contributed by atoms with Crippen LogP contribution in [-0.2, 0) is 4.79 Å². The zero-order chi connectivity index (χ0) is 22.1. The lowest BCUT2D eigenvalue weighted by atomic mass is 10.2. The largest absolute Gasteiger partial charge is 0.494 e. The van der Waals surface area contributed by atoms with Gasteiger partial charge in [-0.1, -0.05) is 13.3 Å². The first-order chi connectivity index (χ1) is 14.3. The molecule has 0 spiro atoms. The third-order valence-corrected chi connectivity index (χ3v) is 5.57. The Hall–Kier alpha value is -2.45. The summed E-state index contributed by atoms with van der Waals surface area (Å²) in [5.74, 6) is 0.307. The minimum atomic E-state index is -0.254. The van der Waals surface area contributed by atoms with Gasteiger partial charge in [0.15, 0.2) is 5.13 Å². The standard InChI is InChI=1S/C22H32N4O3S/c1-6-7-14-29-19-10-8-18(9-11-19)21(28)26(13-12-25(4)5)15-20(27)24-22-23-16(2)17(3)30-22/h8-11H,6-7,12-15H2,1-5H3,(H,23,24,27). The maximum Gasteiger partial charge on any atom is 0.254 e. The van der Waals surface area contributed by atoms with Gasteiger partial charge in [-0.15, -0.1) is 11.3 Å². The highest BCUT2D eigenvalue weighted by molar-refractivity contribution is 7.15. The number of hydrogen-bond acceptors (Lipinski definition) is 6. The van der Waals surface area contributed by atoms with Crippen molar-refractivity contribution >= 4 is 28.3 Å². The molecule has 2 amide bonds. The summed E-state index contributed by atoms with van der Waals surface area (Å²) in [5.41, 5.74) is 1.43. The molecule has 2 rings (SSSR count). The molecule has 0 saturated carbocycles. The van der Waals surface area contributed by atoms with E-state index in [4.69, 9.17) is 4.74 Å². The maximum atomic E-state index is 13.0. The molecule has 8 heteroatoms. The van der Waals surface area contributed by atoms with Crippen molar-refractivity contribution in [3.8, 4) is 5.75 Å². The highest BCUT2D eigenvalue weighted by atomic mass is 32.1. The molecular formula is C22H32N4O3S. The Kier molecular flexibility index (Phi) is 9.26. The van der Waals surface area contributed by atoms with E-state index < -0.39 is 0 Å². The Morgan fingerprint density at radius 2 is 1.83 bits per heavy atom. The molecule has 0 atom stereocenters. The van der Waals surface area contributed by atoms with Crippen LogP contribution in [0.15, 0.2) is 24.3 Å². The number of aryl methyl sites for hydroxylation is 2. The first-order valence-corrected chi connectivity index (χ1v) is 11.0. The molecule has 30 heavy (non-hydrogen) atoms. The second-order valence-corrected chi connectivity index (χ2v) is 8.67. The summed E-state index contributed by atoms with van der Waals surface area (Å²) in [6, 6.07) is 7.10. The van der Waals surface area contributed by atoms with Crippen molar-refractivity contribution in [1.82, 2.24) is 14.8 Å². The second kappa shape index (κ2) is 11.7. The first-order valence-electron chi connectivity index (χ1n) is 10.2. The fourth-order valence-electron chi connectivity index (χ4n) is 2.64. The van der Waals surface area contributed by atoms with Crippen molar-refractivity contribution in [2.24, 2.45) is 0 Å². The summed E-state index contributed by atoms with van der Waals surface area (Å²) in [7, 11) is 3.87. The summed E-state index contributed by atoms with van der Waals surface area (Å²) in [4.78, 5) is 34.5. The number of nitrogens with zero attached hydrogens (tertiary/aromatic N) is 3. The number of ether oxygens (including phenoxy) is 1. The molecule has 1 aromatic heterocycles. The topological polar surface area (TPSA) is 74.8 Å². The number of thiazole rings is 1. The Bertz CT molecular complexity index is 814. The zero-order valence-electron chi connectivity index (χ0n) is 18.5. The highest BCUT2D eigenvalue weighted by Crippen LogP contribution is 2.21. The molecule has 0 fully saturated rings. The van der Waals surface area contributed by atoms with Crippen LogP contribution in [0, 0.1) is 13.8 Å². The molecule has 0 bridgehead atoms. The van der Waals surface area contributed by atoms with Gasteiger partial charge in [-0.3, -0.25) is 9.59 Å². The van der Waals surface area contributed by atoms with Crippen LogP contribution in [0.5, 0.6) is 5.75 Å². The molecule has 0 saturated heterocycles. The van der Waals surface area contributed by atoms with E-state index in [1.54, 1.807) is 29.2 Å². The lowest BCUT2D eigenvalue weighted by Crippen LogP contribution is -2.41. The van der Waals surface area contributed by atoms with Crippen molar-refractivity contribution in [1.29, 1.82) is 0 Å². The molecule has 164 valence electrons. The lowest BCUT2D eigenvalue weighted by molar-refractivity contribution is -0.116. The monoisotopic (exact) mass is 432 g/mol. The number of rotatable bonds is 11. The van der Waals surface area contributed by atoms with E-state index >= 15 is 0 Å². The maximum absolute atomic E-state index is 13.0. The SMILES string of the molecule is CCCCOc1ccc(C(=O)N(CCN(C)C)CC(=O)Nc2nc(C)c(C)s2)cc1. The number of anilines is 1. The van der Waals surface area contributed by atoms with Crippen molar-refractivity contribution < 1.29 is 14.3 Å². The van der Waals surface area contributed by atoms with Crippen LogP contribution < -0.4 is 10.1 Å². The fraction of sp³-hybridized carbons (Fsp3) is 0.500. The van der Waals surface area contributed by atoms with Crippen LogP contribution in [0.3, 0.4) is 0 Å². The van der Waals surface area contributed by atoms with Crippen LogP contribution in [0.1, 0.15) is 40.7 Å². The number of likely N-dealkylation sites (N-methyl/N-ethyl adjacent to an activating group) is 1. The highest BCUT2D eigenvalue weighted by Gasteiger charge is 2.20. The predicted molar refractivity (Wildman–Crippen MR) is 122 cm³/mol. The minimum Gasteiger partial charge on any atom is -0.494 e. The van der Waals surface area contributed by atoms with Gasteiger partial charge in [0, 0.05) is 23.5 Å². The number of aromatic nitrogens is 1. The van der Waals surface area contributed by atoms with Gasteiger partial charge in [0.1, 0.15) is 12.3 Å². The van der Waals surface area contributed by atoms with Gasteiger partial charge in [-0.05, 0) is 58.6 Å². The lowest BCUT2D eigenvalue weighted by Gasteiger charge is -2.24. The molecule has 0 aliphatic heterocycles. The number of carbonyl (C=O) groups excluding carboxylic acids is 2. The third kappa shape index (κ3) is 7.42. The van der Waals surface area contributed by atoms with E-state index in [9.17, 15) is 9.59 Å². The molecule has 0 unspecified atom stereocenters. The molecule has 1 aromatic carbocycles. The molecule has 1 N–H and O–H groups in total. The van der Waals surface area contributed by atoms with Gasteiger partial charge in [0.2, 0.25) is 5.91 Å². The summed E-state index contributed by atoms with van der Waals surface area (Å²) >= 11 is 1.43. The number of amides is 2. The van der Waals surface area contributed by atoms with E-state index in [1.807, 2.05) is 32.8 Å². The van der Waals surface area contributed by atoms with Crippen molar-refractivity contribution in [2.75, 3.05) is 45.7 Å². The summed E-state index contributed by atoms with van der Waals surface area (Å²) < 4.78 is 5.66. The Morgan fingerprint density at radius 3 is 2.40 bits per heavy atom. The van der Waals surface area contributed by atoms with Gasteiger partial charge >= 0.3 is 0 Å². The third-order valence-electron chi connectivity index (χ3n) is 4.58. The van der Waals surface area contributed by atoms with Crippen molar-refractivity contribution in [2.45, 2.75) is 33.6 Å². The second-order valence-electron chi connectivity index (χ2n) is 7.47. The van der Waals surface area contributed by atoms with E-state index in [0.29, 0.717) is 30.4 Å².